The number of ether oxygens (including phenoxy) is 1. The van der Waals surface area contributed by atoms with Crippen LogP contribution in [0, 0.1) is 0 Å². The van der Waals surface area contributed by atoms with Gasteiger partial charge in [0.1, 0.15) is 0 Å². The summed E-state index contributed by atoms with van der Waals surface area (Å²) in [6.07, 6.45) is 0. The molecule has 128 valence electrons. The number of anilines is 2. The highest BCUT2D eigenvalue weighted by molar-refractivity contribution is 6.32. The molecule has 5 N–H and O–H groups in total. The molecular formula is C20H14N2O4. The second-order valence-corrected chi connectivity index (χ2v) is 5.90. The Morgan fingerprint density at radius 1 is 0.769 bits per heavy atom. The Morgan fingerprint density at radius 2 is 1.35 bits per heavy atom. The molecule has 1 aliphatic carbocycles. The topological polar surface area (TPSA) is 116 Å². The molecule has 6 nitrogen and oxygen atoms in total. The van der Waals surface area contributed by atoms with Gasteiger partial charge in [-0.25, -0.2) is 0 Å². The maximum atomic E-state index is 12.9. The molecule has 0 aliphatic heterocycles. The van der Waals surface area contributed by atoms with Crippen molar-refractivity contribution in [1.82, 2.24) is 0 Å². The van der Waals surface area contributed by atoms with E-state index in [1.807, 2.05) is 0 Å². The molecule has 1 aliphatic rings. The van der Waals surface area contributed by atoms with Gasteiger partial charge in [-0.2, -0.15) is 0 Å². The molecule has 0 saturated carbocycles. The monoisotopic (exact) mass is 346 g/mol. The predicted octanol–water partition coefficient (Wildman–Crippen LogP) is 3.12. The average molecular weight is 346 g/mol. The van der Waals surface area contributed by atoms with Crippen LogP contribution in [0.2, 0.25) is 0 Å². The van der Waals surface area contributed by atoms with E-state index in [2.05, 4.69) is 0 Å². The SMILES string of the molecule is Nc1cc(Oc2ccccc2O)c(N)c2c1C(=O)c1ccccc1C2=O. The van der Waals surface area contributed by atoms with E-state index < -0.39 is 0 Å². The number of nitrogens with two attached hydrogens (primary N) is 2. The minimum atomic E-state index is -0.387. The average Bonchev–Trinajstić information content (AvgIpc) is 2.64. The number of nitrogen functional groups attached to an aromatic ring is 2. The summed E-state index contributed by atoms with van der Waals surface area (Å²) in [4.78, 5) is 25.7. The zero-order valence-corrected chi connectivity index (χ0v) is 13.5. The summed E-state index contributed by atoms with van der Waals surface area (Å²) in [5.74, 6) is -0.566. The number of phenolic OH excluding ortho intramolecular Hbond substituents is 1. The van der Waals surface area contributed by atoms with Crippen molar-refractivity contribution in [3.05, 3.63) is 76.9 Å². The number of para-hydroxylation sites is 2. The first-order valence-electron chi connectivity index (χ1n) is 7.85. The second kappa shape index (κ2) is 5.63. The number of ketones is 2. The molecule has 26 heavy (non-hydrogen) atoms. The predicted molar refractivity (Wildman–Crippen MR) is 96.8 cm³/mol. The van der Waals surface area contributed by atoms with E-state index >= 15 is 0 Å². The van der Waals surface area contributed by atoms with Crippen LogP contribution >= 0.6 is 0 Å². The molecule has 0 radical (unpaired) electrons. The fourth-order valence-electron chi connectivity index (χ4n) is 3.07. The van der Waals surface area contributed by atoms with Gasteiger partial charge in [0, 0.05) is 22.9 Å². The third kappa shape index (κ3) is 2.20. The molecular weight excluding hydrogens is 332 g/mol. The van der Waals surface area contributed by atoms with Gasteiger partial charge in [-0.3, -0.25) is 9.59 Å². The van der Waals surface area contributed by atoms with Gasteiger partial charge in [-0.05, 0) is 12.1 Å². The van der Waals surface area contributed by atoms with Crippen LogP contribution in [-0.2, 0) is 0 Å². The van der Waals surface area contributed by atoms with Crippen molar-refractivity contribution in [2.45, 2.75) is 0 Å². The zero-order chi connectivity index (χ0) is 18.4. The van der Waals surface area contributed by atoms with Crippen molar-refractivity contribution in [2.75, 3.05) is 11.5 Å². The zero-order valence-electron chi connectivity index (χ0n) is 13.5. The smallest absolute Gasteiger partial charge is 0.196 e. The lowest BCUT2D eigenvalue weighted by Crippen LogP contribution is -2.24. The van der Waals surface area contributed by atoms with E-state index in [0.717, 1.165) is 0 Å². The Balaban J connectivity index is 1.90. The van der Waals surface area contributed by atoms with Crippen LogP contribution in [0.25, 0.3) is 0 Å². The molecule has 0 fully saturated rings. The summed E-state index contributed by atoms with van der Waals surface area (Å²) in [7, 11) is 0. The number of fused-ring (bicyclic) bond motifs is 2. The minimum Gasteiger partial charge on any atom is -0.504 e. The Kier molecular flexibility index (Phi) is 3.40. The molecule has 0 unspecified atom stereocenters. The number of benzene rings is 3. The van der Waals surface area contributed by atoms with Gasteiger partial charge in [0.05, 0.1) is 16.8 Å². The number of carbonyl (C=O) groups excluding carboxylic acids is 2. The van der Waals surface area contributed by atoms with Crippen LogP contribution in [0.3, 0.4) is 0 Å². The molecule has 0 amide bonds. The van der Waals surface area contributed by atoms with Crippen LogP contribution < -0.4 is 16.2 Å². The summed E-state index contributed by atoms with van der Waals surface area (Å²) in [6, 6.07) is 14.2. The molecule has 3 aromatic carbocycles. The lowest BCUT2D eigenvalue weighted by atomic mass is 9.82. The molecule has 0 heterocycles. The van der Waals surface area contributed by atoms with Crippen LogP contribution in [-0.4, -0.2) is 16.7 Å². The van der Waals surface area contributed by atoms with Gasteiger partial charge >= 0.3 is 0 Å². The van der Waals surface area contributed by atoms with Gasteiger partial charge in [-0.15, -0.1) is 0 Å². The molecule has 0 bridgehead atoms. The normalized spacial score (nSPS) is 12.5. The molecule has 0 atom stereocenters. The van der Waals surface area contributed by atoms with Crippen molar-refractivity contribution in [3.8, 4) is 17.2 Å². The maximum absolute atomic E-state index is 12.9. The van der Waals surface area contributed by atoms with Crippen molar-refractivity contribution < 1.29 is 19.4 Å². The Bertz CT molecular complexity index is 1090. The van der Waals surface area contributed by atoms with Gasteiger partial charge in [0.2, 0.25) is 0 Å². The summed E-state index contributed by atoms with van der Waals surface area (Å²) >= 11 is 0. The summed E-state index contributed by atoms with van der Waals surface area (Å²) in [5.41, 5.74) is 13.0. The number of carbonyl (C=O) groups is 2. The number of hydrogen-bond acceptors (Lipinski definition) is 6. The Hall–Kier alpha value is -3.80. The summed E-state index contributed by atoms with van der Waals surface area (Å²) < 4.78 is 5.64. The lowest BCUT2D eigenvalue weighted by Gasteiger charge is -2.22. The fraction of sp³-hybridized carbons (Fsp3) is 0. The molecule has 0 aromatic heterocycles. The second-order valence-electron chi connectivity index (χ2n) is 5.90. The quantitative estimate of drug-likeness (QED) is 0.480. The fourth-order valence-corrected chi connectivity index (χ4v) is 3.07. The highest BCUT2D eigenvalue weighted by atomic mass is 16.5. The Labute approximate surface area is 148 Å². The number of rotatable bonds is 2. The number of aromatic hydroxyl groups is 1. The van der Waals surface area contributed by atoms with E-state index in [4.69, 9.17) is 16.2 Å². The highest BCUT2D eigenvalue weighted by Crippen LogP contribution is 2.42. The maximum Gasteiger partial charge on any atom is 0.196 e. The standard InChI is InChI=1S/C20H14N2O4/c21-12-9-15(26-14-8-4-3-7-13(14)23)18(22)17-16(12)19(24)10-5-1-2-6-11(10)20(17)25/h1-9,23H,21-22H2. The first-order chi connectivity index (χ1) is 12.5. The first-order valence-corrected chi connectivity index (χ1v) is 7.85. The van der Waals surface area contributed by atoms with E-state index in [9.17, 15) is 14.7 Å². The van der Waals surface area contributed by atoms with E-state index in [-0.39, 0.29) is 56.9 Å². The van der Waals surface area contributed by atoms with Crippen molar-refractivity contribution in [2.24, 2.45) is 0 Å². The van der Waals surface area contributed by atoms with E-state index in [1.165, 1.54) is 12.1 Å². The lowest BCUT2D eigenvalue weighted by molar-refractivity contribution is 0.0980. The third-order valence-corrected chi connectivity index (χ3v) is 4.32. The van der Waals surface area contributed by atoms with Crippen molar-refractivity contribution >= 4 is 22.9 Å². The first kappa shape index (κ1) is 15.7. The summed E-state index contributed by atoms with van der Waals surface area (Å²) in [6.45, 7) is 0. The van der Waals surface area contributed by atoms with Crippen LogP contribution in [0.5, 0.6) is 17.2 Å². The minimum absolute atomic E-state index is 0.00491. The molecule has 6 heteroatoms. The van der Waals surface area contributed by atoms with Crippen LogP contribution in [0.1, 0.15) is 31.8 Å². The van der Waals surface area contributed by atoms with Crippen molar-refractivity contribution in [3.63, 3.8) is 0 Å². The number of hydrogen-bond donors (Lipinski definition) is 3. The van der Waals surface area contributed by atoms with Gasteiger partial charge in [0.15, 0.2) is 28.8 Å². The van der Waals surface area contributed by atoms with Crippen molar-refractivity contribution in [1.29, 1.82) is 0 Å². The molecule has 0 spiro atoms. The van der Waals surface area contributed by atoms with E-state index in [0.29, 0.717) is 5.56 Å². The third-order valence-electron chi connectivity index (χ3n) is 4.32. The van der Waals surface area contributed by atoms with Crippen LogP contribution in [0.15, 0.2) is 54.6 Å². The number of phenols is 1. The molecule has 0 saturated heterocycles. The van der Waals surface area contributed by atoms with Gasteiger partial charge < -0.3 is 21.3 Å². The van der Waals surface area contributed by atoms with Crippen LogP contribution in [0.4, 0.5) is 11.4 Å². The largest absolute Gasteiger partial charge is 0.504 e. The van der Waals surface area contributed by atoms with Gasteiger partial charge in [-0.1, -0.05) is 36.4 Å². The highest BCUT2D eigenvalue weighted by Gasteiger charge is 2.34. The Morgan fingerprint density at radius 3 is 2.00 bits per heavy atom. The van der Waals surface area contributed by atoms with Gasteiger partial charge in [0.25, 0.3) is 0 Å². The molecule has 4 rings (SSSR count). The summed E-state index contributed by atoms with van der Waals surface area (Å²) in [5, 5.41) is 9.88. The molecule has 3 aromatic rings. The van der Waals surface area contributed by atoms with E-state index in [1.54, 1.807) is 42.5 Å².